The van der Waals surface area contributed by atoms with Crippen molar-refractivity contribution in [3.8, 4) is 5.75 Å². The molecule has 3 aromatic rings. The highest BCUT2D eigenvalue weighted by atomic mass is 16.5. The van der Waals surface area contributed by atoms with Crippen molar-refractivity contribution >= 4 is 16.9 Å². The van der Waals surface area contributed by atoms with Crippen molar-refractivity contribution in [1.82, 2.24) is 10.3 Å². The lowest BCUT2D eigenvalue weighted by Crippen LogP contribution is -2.44. The van der Waals surface area contributed by atoms with Gasteiger partial charge in [0.25, 0.3) is 0 Å². The summed E-state index contributed by atoms with van der Waals surface area (Å²) in [6, 6.07) is 13.5. The lowest BCUT2D eigenvalue weighted by molar-refractivity contribution is -0.139. The molecule has 5 rings (SSSR count). The average Bonchev–Trinajstić information content (AvgIpc) is 3.24. The van der Waals surface area contributed by atoms with E-state index in [1.54, 1.807) is 0 Å². The average molecular weight is 334 g/mol. The zero-order chi connectivity index (χ0) is 17.0. The second-order valence-corrected chi connectivity index (χ2v) is 6.72. The van der Waals surface area contributed by atoms with E-state index in [9.17, 15) is 9.90 Å². The summed E-state index contributed by atoms with van der Waals surface area (Å²) >= 11 is 0. The van der Waals surface area contributed by atoms with Crippen LogP contribution in [0, 0.1) is 0 Å². The number of carboxylic acids is 1. The number of rotatable bonds is 2. The Hall–Kier alpha value is -2.79. The van der Waals surface area contributed by atoms with Gasteiger partial charge in [-0.15, -0.1) is 0 Å². The molecule has 5 nitrogen and oxygen atoms in total. The fourth-order valence-corrected chi connectivity index (χ4v) is 4.04. The van der Waals surface area contributed by atoms with Gasteiger partial charge in [0.1, 0.15) is 11.8 Å². The van der Waals surface area contributed by atoms with Gasteiger partial charge in [0.2, 0.25) is 0 Å². The molecule has 25 heavy (non-hydrogen) atoms. The minimum atomic E-state index is -0.814. The summed E-state index contributed by atoms with van der Waals surface area (Å²) in [7, 11) is 0. The van der Waals surface area contributed by atoms with Gasteiger partial charge in [-0.05, 0) is 28.8 Å². The molecule has 3 N–H and O–H groups in total. The molecule has 2 aliphatic heterocycles. The van der Waals surface area contributed by atoms with Crippen molar-refractivity contribution in [1.29, 1.82) is 0 Å². The highest BCUT2D eigenvalue weighted by molar-refractivity contribution is 5.87. The Bertz CT molecular complexity index is 992. The van der Waals surface area contributed by atoms with E-state index in [0.29, 0.717) is 13.0 Å². The summed E-state index contributed by atoms with van der Waals surface area (Å²) in [6.45, 7) is 0.715. The van der Waals surface area contributed by atoms with Crippen molar-refractivity contribution in [3.63, 3.8) is 0 Å². The second kappa shape index (κ2) is 5.36. The Morgan fingerprint density at radius 2 is 2.08 bits per heavy atom. The van der Waals surface area contributed by atoms with Crippen LogP contribution in [0.3, 0.4) is 0 Å². The van der Waals surface area contributed by atoms with Gasteiger partial charge in [-0.25, -0.2) is 0 Å². The summed E-state index contributed by atoms with van der Waals surface area (Å²) in [5.74, 6) is 0.122. The number of hydrogen-bond donors (Lipinski definition) is 3. The van der Waals surface area contributed by atoms with E-state index in [0.717, 1.165) is 39.9 Å². The molecule has 0 aliphatic carbocycles. The third-order valence-electron chi connectivity index (χ3n) is 5.26. The van der Waals surface area contributed by atoms with Gasteiger partial charge in [0, 0.05) is 29.4 Å². The third kappa shape index (κ3) is 2.23. The highest BCUT2D eigenvalue weighted by Gasteiger charge is 2.34. The van der Waals surface area contributed by atoms with E-state index >= 15 is 0 Å². The number of ether oxygens (including phenoxy) is 1. The maximum absolute atomic E-state index is 11.7. The largest absolute Gasteiger partial charge is 0.493 e. The Labute approximate surface area is 144 Å². The van der Waals surface area contributed by atoms with Crippen LogP contribution in [-0.4, -0.2) is 28.7 Å². The van der Waals surface area contributed by atoms with Crippen molar-refractivity contribution in [2.45, 2.75) is 24.9 Å². The molecule has 2 aromatic carbocycles. The number of benzene rings is 2. The van der Waals surface area contributed by atoms with Gasteiger partial charge in [0.05, 0.1) is 12.6 Å². The minimum Gasteiger partial charge on any atom is -0.493 e. The normalized spacial score (nSPS) is 21.6. The molecule has 0 fully saturated rings. The molecule has 3 heterocycles. The van der Waals surface area contributed by atoms with Gasteiger partial charge in [-0.2, -0.15) is 0 Å². The standard InChI is InChI=1S/C20H18N2O3/c23-20(24)16-10-14-13-3-1-2-4-15(13)21-19(14)18(22-16)12-5-6-17-11(9-12)7-8-25-17/h1-6,9,16,18,21-22H,7-8,10H2,(H,23,24)/t16-,18?/m1/s1. The van der Waals surface area contributed by atoms with E-state index in [2.05, 4.69) is 22.4 Å². The van der Waals surface area contributed by atoms with Crippen LogP contribution in [0.15, 0.2) is 42.5 Å². The summed E-state index contributed by atoms with van der Waals surface area (Å²) in [5, 5.41) is 14.0. The molecular formula is C20H18N2O3. The number of nitrogens with one attached hydrogen (secondary N) is 2. The number of carboxylic acid groups (broad SMARTS) is 1. The first-order valence-corrected chi connectivity index (χ1v) is 8.54. The van der Waals surface area contributed by atoms with Crippen LogP contribution in [0.1, 0.15) is 28.4 Å². The first-order valence-electron chi connectivity index (χ1n) is 8.54. The fraction of sp³-hybridized carbons (Fsp3) is 0.250. The summed E-state index contributed by atoms with van der Waals surface area (Å²) in [4.78, 5) is 15.2. The molecule has 126 valence electrons. The smallest absolute Gasteiger partial charge is 0.321 e. The molecule has 1 aromatic heterocycles. The van der Waals surface area contributed by atoms with Crippen molar-refractivity contribution in [2.75, 3.05) is 6.61 Å². The number of hydrogen-bond acceptors (Lipinski definition) is 3. The van der Waals surface area contributed by atoms with Crippen LogP contribution >= 0.6 is 0 Å². The zero-order valence-electron chi connectivity index (χ0n) is 13.6. The van der Waals surface area contributed by atoms with Crippen LogP contribution in [0.25, 0.3) is 10.9 Å². The minimum absolute atomic E-state index is 0.164. The lowest BCUT2D eigenvalue weighted by atomic mass is 9.89. The first kappa shape index (κ1) is 14.5. The Kier molecular flexibility index (Phi) is 3.12. The molecule has 0 bridgehead atoms. The number of para-hydroxylation sites is 1. The Morgan fingerprint density at radius 1 is 1.20 bits per heavy atom. The van der Waals surface area contributed by atoms with E-state index in [1.807, 2.05) is 30.3 Å². The number of fused-ring (bicyclic) bond motifs is 4. The molecule has 0 amide bonds. The third-order valence-corrected chi connectivity index (χ3v) is 5.26. The molecule has 0 saturated heterocycles. The van der Waals surface area contributed by atoms with E-state index < -0.39 is 12.0 Å². The highest BCUT2D eigenvalue weighted by Crippen LogP contribution is 2.37. The van der Waals surface area contributed by atoms with Gasteiger partial charge in [-0.3, -0.25) is 10.1 Å². The molecule has 1 unspecified atom stereocenters. The molecule has 5 heteroatoms. The van der Waals surface area contributed by atoms with Gasteiger partial charge in [0.15, 0.2) is 0 Å². The van der Waals surface area contributed by atoms with Gasteiger partial charge >= 0.3 is 5.97 Å². The second-order valence-electron chi connectivity index (χ2n) is 6.72. The van der Waals surface area contributed by atoms with Crippen LogP contribution < -0.4 is 10.1 Å². The maximum atomic E-state index is 11.7. The summed E-state index contributed by atoms with van der Waals surface area (Å²) in [5.41, 5.74) is 5.48. The lowest BCUT2D eigenvalue weighted by Gasteiger charge is -2.29. The predicted molar refractivity (Wildman–Crippen MR) is 94.0 cm³/mol. The monoisotopic (exact) mass is 334 g/mol. The van der Waals surface area contributed by atoms with Crippen molar-refractivity contribution in [3.05, 3.63) is 64.8 Å². The SMILES string of the molecule is O=C(O)[C@H]1Cc2c([nH]c3ccccc23)C(c2ccc3c(c2)CCO3)N1. The predicted octanol–water partition coefficient (Wildman–Crippen LogP) is 2.79. The molecule has 0 saturated carbocycles. The van der Waals surface area contributed by atoms with Crippen molar-refractivity contribution < 1.29 is 14.6 Å². The first-order chi connectivity index (χ1) is 12.2. The van der Waals surface area contributed by atoms with E-state index in [4.69, 9.17) is 4.74 Å². The molecule has 2 aliphatic rings. The zero-order valence-corrected chi connectivity index (χ0v) is 13.6. The van der Waals surface area contributed by atoms with Crippen LogP contribution in [-0.2, 0) is 17.6 Å². The number of aromatic nitrogens is 1. The summed E-state index contributed by atoms with van der Waals surface area (Å²) < 4.78 is 5.60. The number of H-pyrrole nitrogens is 1. The molecule has 0 spiro atoms. The quantitative estimate of drug-likeness (QED) is 0.674. The summed E-state index contributed by atoms with van der Waals surface area (Å²) in [6.07, 6.45) is 1.39. The van der Waals surface area contributed by atoms with Crippen LogP contribution in [0.4, 0.5) is 0 Å². The van der Waals surface area contributed by atoms with Crippen LogP contribution in [0.2, 0.25) is 0 Å². The Balaban J connectivity index is 1.67. The number of aliphatic carboxylic acids is 1. The fourth-order valence-electron chi connectivity index (χ4n) is 4.04. The molecule has 2 atom stereocenters. The van der Waals surface area contributed by atoms with Crippen LogP contribution in [0.5, 0.6) is 5.75 Å². The van der Waals surface area contributed by atoms with E-state index in [1.165, 1.54) is 5.56 Å². The van der Waals surface area contributed by atoms with Gasteiger partial charge < -0.3 is 14.8 Å². The topological polar surface area (TPSA) is 74.3 Å². The van der Waals surface area contributed by atoms with Crippen molar-refractivity contribution in [2.24, 2.45) is 0 Å². The molecule has 0 radical (unpaired) electrons. The Morgan fingerprint density at radius 3 is 2.96 bits per heavy atom. The molecular weight excluding hydrogens is 316 g/mol. The van der Waals surface area contributed by atoms with E-state index in [-0.39, 0.29) is 6.04 Å². The van der Waals surface area contributed by atoms with Gasteiger partial charge in [-0.1, -0.05) is 30.3 Å². The maximum Gasteiger partial charge on any atom is 0.321 e. The number of aromatic amines is 1. The number of carbonyl (C=O) groups is 1.